The third-order valence-corrected chi connectivity index (χ3v) is 4.10. The third-order valence-electron chi connectivity index (χ3n) is 3.20. The molecule has 104 valence electrons. The summed E-state index contributed by atoms with van der Waals surface area (Å²) in [5.74, 6) is -0.783. The molecule has 1 aliphatic carbocycles. The number of rotatable bonds is 6. The standard InChI is InChI=1S/C13H17NO4S/c1-2-18-9-5-8(6-9)7-11(15)14-10-3-4-19-12(10)13(16)17/h3-4,8-9H,2,5-7H2,1H3,(H,14,15)(H,16,17). The summed E-state index contributed by atoms with van der Waals surface area (Å²) < 4.78 is 5.44. The molecule has 6 heteroatoms. The lowest BCUT2D eigenvalue weighted by molar-refractivity contribution is -0.119. The lowest BCUT2D eigenvalue weighted by atomic mass is 9.80. The van der Waals surface area contributed by atoms with Gasteiger partial charge < -0.3 is 15.2 Å². The Bertz CT molecular complexity index is 465. The number of ether oxygens (including phenoxy) is 1. The number of carboxylic acid groups (broad SMARTS) is 1. The molecule has 19 heavy (non-hydrogen) atoms. The van der Waals surface area contributed by atoms with Crippen molar-refractivity contribution in [2.75, 3.05) is 11.9 Å². The fourth-order valence-electron chi connectivity index (χ4n) is 2.25. The molecule has 0 radical (unpaired) electrons. The van der Waals surface area contributed by atoms with E-state index in [-0.39, 0.29) is 10.8 Å². The highest BCUT2D eigenvalue weighted by atomic mass is 32.1. The van der Waals surface area contributed by atoms with Crippen LogP contribution in [0.4, 0.5) is 5.69 Å². The third kappa shape index (κ3) is 3.54. The van der Waals surface area contributed by atoms with Gasteiger partial charge in [-0.25, -0.2) is 4.79 Å². The molecule has 1 saturated carbocycles. The molecule has 0 unspecified atom stereocenters. The van der Waals surface area contributed by atoms with Gasteiger partial charge in [-0.15, -0.1) is 11.3 Å². The molecule has 2 N–H and O–H groups in total. The first-order chi connectivity index (χ1) is 9.10. The van der Waals surface area contributed by atoms with E-state index in [9.17, 15) is 9.59 Å². The van der Waals surface area contributed by atoms with Gasteiger partial charge in [-0.2, -0.15) is 0 Å². The topological polar surface area (TPSA) is 75.6 Å². The van der Waals surface area contributed by atoms with Gasteiger partial charge >= 0.3 is 5.97 Å². The summed E-state index contributed by atoms with van der Waals surface area (Å²) in [5.41, 5.74) is 0.392. The van der Waals surface area contributed by atoms with E-state index in [0.29, 0.717) is 30.7 Å². The van der Waals surface area contributed by atoms with E-state index in [2.05, 4.69) is 5.32 Å². The Morgan fingerprint density at radius 2 is 2.26 bits per heavy atom. The van der Waals surface area contributed by atoms with Crippen LogP contribution in [0.1, 0.15) is 35.9 Å². The highest BCUT2D eigenvalue weighted by Gasteiger charge is 2.31. The Morgan fingerprint density at radius 1 is 1.53 bits per heavy atom. The van der Waals surface area contributed by atoms with Crippen molar-refractivity contribution in [2.24, 2.45) is 5.92 Å². The summed E-state index contributed by atoms with van der Waals surface area (Å²) >= 11 is 1.11. The fourth-order valence-corrected chi connectivity index (χ4v) is 2.94. The molecule has 1 amide bonds. The summed E-state index contributed by atoms with van der Waals surface area (Å²) in [4.78, 5) is 22.9. The first-order valence-electron chi connectivity index (χ1n) is 6.32. The number of carboxylic acids is 1. The molecule has 1 aliphatic rings. The number of hydrogen-bond donors (Lipinski definition) is 2. The van der Waals surface area contributed by atoms with Gasteiger partial charge in [-0.3, -0.25) is 4.79 Å². The van der Waals surface area contributed by atoms with Crippen LogP contribution in [0.3, 0.4) is 0 Å². The number of aromatic carboxylic acids is 1. The van der Waals surface area contributed by atoms with E-state index >= 15 is 0 Å². The molecule has 1 heterocycles. The maximum atomic E-state index is 11.8. The monoisotopic (exact) mass is 283 g/mol. The van der Waals surface area contributed by atoms with Crippen molar-refractivity contribution < 1.29 is 19.4 Å². The second-order valence-corrected chi connectivity index (χ2v) is 5.55. The molecule has 0 aliphatic heterocycles. The largest absolute Gasteiger partial charge is 0.477 e. The van der Waals surface area contributed by atoms with Crippen LogP contribution < -0.4 is 5.32 Å². The van der Waals surface area contributed by atoms with E-state index < -0.39 is 5.97 Å². The molecule has 0 saturated heterocycles. The number of nitrogens with one attached hydrogen (secondary N) is 1. The number of amides is 1. The smallest absolute Gasteiger partial charge is 0.348 e. The van der Waals surface area contributed by atoms with Gasteiger partial charge in [-0.05, 0) is 37.1 Å². The van der Waals surface area contributed by atoms with Gasteiger partial charge in [-0.1, -0.05) is 0 Å². The second-order valence-electron chi connectivity index (χ2n) is 4.64. The molecular formula is C13H17NO4S. The lowest BCUT2D eigenvalue weighted by Gasteiger charge is -2.34. The van der Waals surface area contributed by atoms with Crippen LogP contribution in [0.5, 0.6) is 0 Å². The van der Waals surface area contributed by atoms with Crippen molar-refractivity contribution in [3.05, 3.63) is 16.3 Å². The van der Waals surface area contributed by atoms with Crippen LogP contribution in [0.2, 0.25) is 0 Å². The zero-order chi connectivity index (χ0) is 13.8. The Morgan fingerprint density at radius 3 is 2.89 bits per heavy atom. The Hall–Kier alpha value is -1.40. The first-order valence-corrected chi connectivity index (χ1v) is 7.20. The van der Waals surface area contributed by atoms with Crippen LogP contribution in [-0.2, 0) is 9.53 Å². The van der Waals surface area contributed by atoms with Crippen LogP contribution in [0.15, 0.2) is 11.4 Å². The number of anilines is 1. The van der Waals surface area contributed by atoms with E-state index in [0.717, 1.165) is 24.2 Å². The molecule has 2 rings (SSSR count). The fraction of sp³-hybridized carbons (Fsp3) is 0.538. The number of thiophene rings is 1. The molecule has 1 aromatic heterocycles. The minimum atomic E-state index is -1.01. The molecular weight excluding hydrogens is 266 g/mol. The average molecular weight is 283 g/mol. The Kier molecular flexibility index (Phi) is 4.55. The van der Waals surface area contributed by atoms with Crippen LogP contribution in [0, 0.1) is 5.92 Å². The zero-order valence-corrected chi connectivity index (χ0v) is 11.5. The van der Waals surface area contributed by atoms with Crippen LogP contribution in [0.25, 0.3) is 0 Å². The molecule has 5 nitrogen and oxygen atoms in total. The quantitative estimate of drug-likeness (QED) is 0.841. The van der Waals surface area contributed by atoms with Crippen molar-refractivity contribution in [2.45, 2.75) is 32.3 Å². The maximum absolute atomic E-state index is 11.8. The average Bonchev–Trinajstić information content (AvgIpc) is 2.74. The summed E-state index contributed by atoms with van der Waals surface area (Å²) in [6, 6.07) is 1.62. The normalized spacial score (nSPS) is 21.7. The first kappa shape index (κ1) is 14.0. The molecule has 0 spiro atoms. The molecule has 1 fully saturated rings. The maximum Gasteiger partial charge on any atom is 0.348 e. The highest BCUT2D eigenvalue weighted by molar-refractivity contribution is 7.12. The van der Waals surface area contributed by atoms with Crippen molar-refractivity contribution in [3.8, 4) is 0 Å². The highest BCUT2D eigenvalue weighted by Crippen LogP contribution is 2.33. The minimum Gasteiger partial charge on any atom is -0.477 e. The number of carbonyl (C=O) groups excluding carboxylic acids is 1. The van der Waals surface area contributed by atoms with Crippen molar-refractivity contribution >= 4 is 28.9 Å². The molecule has 0 aromatic carbocycles. The summed E-state index contributed by atoms with van der Waals surface area (Å²) in [6.07, 6.45) is 2.55. The van der Waals surface area contributed by atoms with E-state index in [1.165, 1.54) is 0 Å². The van der Waals surface area contributed by atoms with Crippen LogP contribution >= 0.6 is 11.3 Å². The van der Waals surface area contributed by atoms with E-state index in [1.54, 1.807) is 11.4 Å². The summed E-state index contributed by atoms with van der Waals surface area (Å²) in [5, 5.41) is 13.3. The zero-order valence-electron chi connectivity index (χ0n) is 10.7. The summed E-state index contributed by atoms with van der Waals surface area (Å²) in [6.45, 7) is 2.67. The summed E-state index contributed by atoms with van der Waals surface area (Å²) in [7, 11) is 0. The minimum absolute atomic E-state index is 0.124. The van der Waals surface area contributed by atoms with Crippen molar-refractivity contribution in [1.82, 2.24) is 0 Å². The Labute approximate surface area is 115 Å². The van der Waals surface area contributed by atoms with Crippen LogP contribution in [-0.4, -0.2) is 29.7 Å². The molecule has 0 bridgehead atoms. The van der Waals surface area contributed by atoms with E-state index in [1.807, 2.05) is 6.92 Å². The van der Waals surface area contributed by atoms with Gasteiger partial charge in [0.15, 0.2) is 0 Å². The molecule has 1 aromatic rings. The van der Waals surface area contributed by atoms with Gasteiger partial charge in [0.05, 0.1) is 11.8 Å². The van der Waals surface area contributed by atoms with Gasteiger partial charge in [0.2, 0.25) is 5.91 Å². The van der Waals surface area contributed by atoms with Crippen molar-refractivity contribution in [3.63, 3.8) is 0 Å². The predicted molar refractivity (Wildman–Crippen MR) is 72.7 cm³/mol. The lowest BCUT2D eigenvalue weighted by Crippen LogP contribution is -2.33. The van der Waals surface area contributed by atoms with Crippen molar-refractivity contribution in [1.29, 1.82) is 0 Å². The predicted octanol–water partition coefficient (Wildman–Crippen LogP) is 2.59. The van der Waals surface area contributed by atoms with Gasteiger partial charge in [0, 0.05) is 13.0 Å². The van der Waals surface area contributed by atoms with E-state index in [4.69, 9.17) is 9.84 Å². The Balaban J connectivity index is 1.79. The second kappa shape index (κ2) is 6.16. The number of hydrogen-bond acceptors (Lipinski definition) is 4. The number of carbonyl (C=O) groups is 2. The van der Waals surface area contributed by atoms with Gasteiger partial charge in [0.1, 0.15) is 4.88 Å². The SMILES string of the molecule is CCOC1CC(CC(=O)Nc2ccsc2C(=O)O)C1. The van der Waals surface area contributed by atoms with Gasteiger partial charge in [0.25, 0.3) is 0 Å². The molecule has 0 atom stereocenters.